The summed E-state index contributed by atoms with van der Waals surface area (Å²) >= 11 is 3.99. The Morgan fingerprint density at radius 1 is 0.735 bits per heavy atom. The molecule has 1 saturated heterocycles. The van der Waals surface area contributed by atoms with Gasteiger partial charge in [0.25, 0.3) is 0 Å². The molecule has 0 atom stereocenters. The molecule has 0 saturated carbocycles. The van der Waals surface area contributed by atoms with Gasteiger partial charge in [0.05, 0.1) is 21.3 Å². The molecule has 0 amide bonds. The molecule has 3 aromatic carbocycles. The highest BCUT2D eigenvalue weighted by atomic mass is 32.2. The summed E-state index contributed by atoms with van der Waals surface area (Å²) in [6.45, 7) is 0. The molecule has 0 aromatic heterocycles. The molecule has 3 aromatic rings. The zero-order valence-corrected chi connectivity index (χ0v) is 21.5. The van der Waals surface area contributed by atoms with Crippen molar-refractivity contribution in [3.05, 3.63) is 108 Å². The second kappa shape index (κ2) is 11.6. The summed E-state index contributed by atoms with van der Waals surface area (Å²) in [5.74, 6) is 4.87. The van der Waals surface area contributed by atoms with Gasteiger partial charge < -0.3 is 14.2 Å². The van der Waals surface area contributed by atoms with E-state index in [4.69, 9.17) is 14.2 Å². The van der Waals surface area contributed by atoms with Crippen LogP contribution in [0.5, 0.6) is 17.2 Å². The highest BCUT2D eigenvalue weighted by Crippen LogP contribution is 2.52. The van der Waals surface area contributed by atoms with Crippen LogP contribution >= 0.6 is 23.5 Å². The monoisotopic (exact) mass is 490 g/mol. The van der Waals surface area contributed by atoms with Crippen LogP contribution in [0.3, 0.4) is 0 Å². The van der Waals surface area contributed by atoms with Crippen LogP contribution in [0, 0.1) is 0 Å². The van der Waals surface area contributed by atoms with Crippen LogP contribution < -0.4 is 14.2 Å². The van der Waals surface area contributed by atoms with E-state index in [2.05, 4.69) is 60.7 Å². The fraction of sp³-hybridized carbons (Fsp3) is 0.241. The Balaban J connectivity index is 1.73. The first-order chi connectivity index (χ1) is 16.7. The van der Waals surface area contributed by atoms with E-state index in [1.807, 2.05) is 53.9 Å². The lowest BCUT2D eigenvalue weighted by atomic mass is 9.97. The van der Waals surface area contributed by atoms with Gasteiger partial charge in [-0.15, -0.1) is 23.5 Å². The van der Waals surface area contributed by atoms with Crippen LogP contribution in [-0.2, 0) is 4.08 Å². The third-order valence-corrected chi connectivity index (χ3v) is 9.07. The molecule has 0 aliphatic carbocycles. The minimum atomic E-state index is -0.131. The number of allylic oxidation sites excluding steroid dienone is 2. The van der Waals surface area contributed by atoms with Gasteiger partial charge in [-0.3, -0.25) is 0 Å². The smallest absolute Gasteiger partial charge is 0.119 e. The van der Waals surface area contributed by atoms with E-state index >= 15 is 0 Å². The number of hydrogen-bond acceptors (Lipinski definition) is 5. The largest absolute Gasteiger partial charge is 0.497 e. The number of thioether (sulfide) groups is 2. The summed E-state index contributed by atoms with van der Waals surface area (Å²) in [5, 5.41) is 0. The average Bonchev–Trinajstić information content (AvgIpc) is 2.92. The zero-order valence-electron chi connectivity index (χ0n) is 19.8. The Bertz CT molecular complexity index is 1080. The fourth-order valence-electron chi connectivity index (χ4n) is 3.92. The Morgan fingerprint density at radius 2 is 1.29 bits per heavy atom. The Morgan fingerprint density at radius 3 is 1.82 bits per heavy atom. The Labute approximate surface area is 211 Å². The molecular weight excluding hydrogens is 460 g/mol. The lowest BCUT2D eigenvalue weighted by molar-refractivity contribution is 0.414. The third kappa shape index (κ3) is 5.65. The number of ether oxygens (including phenoxy) is 3. The SMILES string of the molecule is COc1ccc(C(=C/C=C/C2(c3cccc(OC)c3)SCCCS2)c2ccc(OC)cc2)cc1. The zero-order chi connectivity index (χ0) is 23.8. The molecule has 0 bridgehead atoms. The van der Waals surface area contributed by atoms with Crippen molar-refractivity contribution in [2.75, 3.05) is 32.8 Å². The minimum Gasteiger partial charge on any atom is -0.497 e. The maximum atomic E-state index is 5.51. The van der Waals surface area contributed by atoms with E-state index in [-0.39, 0.29) is 4.08 Å². The van der Waals surface area contributed by atoms with Crippen LogP contribution in [0.4, 0.5) is 0 Å². The normalized spacial score (nSPS) is 15.0. The van der Waals surface area contributed by atoms with E-state index in [0.717, 1.165) is 45.5 Å². The Kier molecular flexibility index (Phi) is 8.30. The molecule has 4 rings (SSSR count). The predicted octanol–water partition coefficient (Wildman–Crippen LogP) is 7.42. The Hall–Kier alpha value is -2.76. The maximum Gasteiger partial charge on any atom is 0.119 e. The molecule has 0 radical (unpaired) electrons. The molecule has 1 fully saturated rings. The molecule has 1 aliphatic heterocycles. The van der Waals surface area contributed by atoms with Crippen LogP contribution in [0.25, 0.3) is 5.57 Å². The standard InChI is InChI=1S/C29H30O3S2/c1-30-25-14-10-22(11-15-25)28(23-12-16-26(31-2)17-13-23)9-5-18-29(33-19-6-20-34-29)24-7-4-8-27(21-24)32-3/h4-5,7-18,21H,6,19-20H2,1-3H3/b18-5+. The molecule has 176 valence electrons. The van der Waals surface area contributed by atoms with E-state index in [1.165, 1.54) is 12.0 Å². The third-order valence-electron chi connectivity index (χ3n) is 5.77. The number of benzene rings is 3. The summed E-state index contributed by atoms with van der Waals surface area (Å²) in [6, 6.07) is 24.9. The van der Waals surface area contributed by atoms with Crippen LogP contribution in [-0.4, -0.2) is 32.8 Å². The highest BCUT2D eigenvalue weighted by molar-refractivity contribution is 8.18. The van der Waals surface area contributed by atoms with Crippen molar-refractivity contribution in [1.29, 1.82) is 0 Å². The van der Waals surface area contributed by atoms with E-state index < -0.39 is 0 Å². The van der Waals surface area contributed by atoms with Crippen LogP contribution in [0.15, 0.2) is 91.0 Å². The van der Waals surface area contributed by atoms with E-state index in [9.17, 15) is 0 Å². The van der Waals surface area contributed by atoms with Gasteiger partial charge in [0.2, 0.25) is 0 Å². The van der Waals surface area contributed by atoms with Crippen molar-refractivity contribution < 1.29 is 14.2 Å². The molecule has 0 spiro atoms. The van der Waals surface area contributed by atoms with Gasteiger partial charge in [-0.2, -0.15) is 0 Å². The molecule has 1 heterocycles. The molecule has 5 heteroatoms. The first-order valence-electron chi connectivity index (χ1n) is 11.3. The van der Waals surface area contributed by atoms with E-state index in [1.54, 1.807) is 21.3 Å². The van der Waals surface area contributed by atoms with Gasteiger partial charge in [-0.1, -0.05) is 54.6 Å². The van der Waals surface area contributed by atoms with Crippen molar-refractivity contribution in [2.45, 2.75) is 10.5 Å². The first-order valence-corrected chi connectivity index (χ1v) is 13.3. The topological polar surface area (TPSA) is 27.7 Å². The van der Waals surface area contributed by atoms with Gasteiger partial charge in [0.1, 0.15) is 21.3 Å². The average molecular weight is 491 g/mol. The summed E-state index contributed by atoms with van der Waals surface area (Å²) in [6.07, 6.45) is 7.98. The fourth-order valence-corrected chi connectivity index (χ4v) is 7.06. The molecule has 3 nitrogen and oxygen atoms in total. The van der Waals surface area contributed by atoms with Gasteiger partial charge in [-0.05, 0) is 76.6 Å². The lowest BCUT2D eigenvalue weighted by Crippen LogP contribution is -2.20. The number of hydrogen-bond donors (Lipinski definition) is 0. The summed E-state index contributed by atoms with van der Waals surface area (Å²) in [4.78, 5) is 0. The van der Waals surface area contributed by atoms with Crippen molar-refractivity contribution >= 4 is 29.1 Å². The highest BCUT2D eigenvalue weighted by Gasteiger charge is 2.33. The molecule has 1 aliphatic rings. The lowest BCUT2D eigenvalue weighted by Gasteiger charge is -2.34. The second-order valence-corrected chi connectivity index (χ2v) is 10.8. The van der Waals surface area contributed by atoms with Crippen LogP contribution in [0.1, 0.15) is 23.1 Å². The van der Waals surface area contributed by atoms with E-state index in [0.29, 0.717) is 0 Å². The first kappa shape index (κ1) is 24.4. The van der Waals surface area contributed by atoms with Crippen molar-refractivity contribution in [3.8, 4) is 17.2 Å². The second-order valence-electron chi connectivity index (χ2n) is 7.85. The summed E-state index contributed by atoms with van der Waals surface area (Å²) < 4.78 is 16.1. The molecule has 0 N–H and O–H groups in total. The van der Waals surface area contributed by atoms with Crippen molar-refractivity contribution in [3.63, 3.8) is 0 Å². The summed E-state index contributed by atoms with van der Waals surface area (Å²) in [7, 11) is 5.10. The van der Waals surface area contributed by atoms with Crippen LogP contribution in [0.2, 0.25) is 0 Å². The van der Waals surface area contributed by atoms with Gasteiger partial charge in [0.15, 0.2) is 0 Å². The maximum absolute atomic E-state index is 5.51. The minimum absolute atomic E-state index is 0.131. The number of rotatable bonds is 8. The van der Waals surface area contributed by atoms with Crippen molar-refractivity contribution in [1.82, 2.24) is 0 Å². The van der Waals surface area contributed by atoms with Gasteiger partial charge >= 0.3 is 0 Å². The van der Waals surface area contributed by atoms with Crippen molar-refractivity contribution in [2.24, 2.45) is 0 Å². The molecular formula is C29H30O3S2. The predicted molar refractivity (Wildman–Crippen MR) is 146 cm³/mol. The summed E-state index contributed by atoms with van der Waals surface area (Å²) in [5.41, 5.74) is 4.68. The number of methoxy groups -OCH3 is 3. The molecule has 34 heavy (non-hydrogen) atoms. The van der Waals surface area contributed by atoms with Gasteiger partial charge in [-0.25, -0.2) is 0 Å². The quantitative estimate of drug-likeness (QED) is 0.306. The van der Waals surface area contributed by atoms with Gasteiger partial charge in [0, 0.05) is 0 Å². The molecule has 0 unspecified atom stereocenters.